The van der Waals surface area contributed by atoms with E-state index in [1.54, 1.807) is 0 Å². The number of halogens is 1. The number of rotatable bonds is 6. The monoisotopic (exact) mass is 303 g/mol. The van der Waals surface area contributed by atoms with Gasteiger partial charge in [0, 0.05) is 31.4 Å². The van der Waals surface area contributed by atoms with E-state index >= 15 is 0 Å². The molecule has 0 saturated heterocycles. The highest BCUT2D eigenvalue weighted by atomic mass is 35.5. The maximum Gasteiger partial charge on any atom is 0.131 e. The number of pyridine rings is 1. The first-order valence-electron chi connectivity index (χ1n) is 7.22. The van der Waals surface area contributed by atoms with Crippen LogP contribution in [0.5, 0.6) is 0 Å². The van der Waals surface area contributed by atoms with Crippen molar-refractivity contribution in [3.05, 3.63) is 58.2 Å². The van der Waals surface area contributed by atoms with Crippen molar-refractivity contribution in [1.29, 1.82) is 0 Å². The van der Waals surface area contributed by atoms with Crippen molar-refractivity contribution in [3.63, 3.8) is 0 Å². The summed E-state index contributed by atoms with van der Waals surface area (Å²) in [5, 5.41) is 4.11. The summed E-state index contributed by atoms with van der Waals surface area (Å²) in [7, 11) is 2.04. The Balaban J connectivity index is 2.12. The van der Waals surface area contributed by atoms with Gasteiger partial charge in [-0.15, -0.1) is 0 Å². The summed E-state index contributed by atoms with van der Waals surface area (Å²) in [4.78, 5) is 6.73. The molecule has 0 unspecified atom stereocenters. The molecule has 3 nitrogen and oxygen atoms in total. The van der Waals surface area contributed by atoms with Gasteiger partial charge < -0.3 is 10.2 Å². The molecule has 1 N–H and O–H groups in total. The Morgan fingerprint density at radius 3 is 2.71 bits per heavy atom. The third-order valence-corrected chi connectivity index (χ3v) is 3.78. The average Bonchev–Trinajstić information content (AvgIpc) is 2.47. The van der Waals surface area contributed by atoms with Crippen LogP contribution in [0.1, 0.15) is 23.6 Å². The summed E-state index contributed by atoms with van der Waals surface area (Å²) in [6.07, 6.45) is 1.94. The van der Waals surface area contributed by atoms with Crippen molar-refractivity contribution in [2.75, 3.05) is 18.5 Å². The summed E-state index contributed by atoms with van der Waals surface area (Å²) in [6.45, 7) is 6.78. The van der Waals surface area contributed by atoms with E-state index in [9.17, 15) is 0 Å². The van der Waals surface area contributed by atoms with Gasteiger partial charge in [-0.05, 0) is 42.3 Å². The minimum absolute atomic E-state index is 0.750. The fraction of sp³-hybridized carbons (Fsp3) is 0.353. The molecule has 2 rings (SSSR count). The van der Waals surface area contributed by atoms with E-state index in [2.05, 4.69) is 35.1 Å². The Labute approximate surface area is 132 Å². The zero-order chi connectivity index (χ0) is 15.2. The number of nitrogens with one attached hydrogen (secondary N) is 1. The van der Waals surface area contributed by atoms with Gasteiger partial charge in [-0.3, -0.25) is 0 Å². The number of hydrogen-bond donors (Lipinski definition) is 1. The number of anilines is 1. The highest BCUT2D eigenvalue weighted by molar-refractivity contribution is 6.31. The average molecular weight is 304 g/mol. The molecule has 1 aromatic carbocycles. The standard InChI is InChI=1S/C17H22ClN3/c1-4-19-10-14-9-13(2)17(20-11-14)21(3)12-15-7-5-6-8-16(15)18/h5-9,11,19H,4,10,12H2,1-3H3. The molecule has 1 heterocycles. The van der Waals surface area contributed by atoms with Crippen LogP contribution in [-0.4, -0.2) is 18.6 Å². The summed E-state index contributed by atoms with van der Waals surface area (Å²) in [5.74, 6) is 0.996. The van der Waals surface area contributed by atoms with Gasteiger partial charge in [-0.2, -0.15) is 0 Å². The summed E-state index contributed by atoms with van der Waals surface area (Å²) in [6, 6.07) is 10.1. The lowest BCUT2D eigenvalue weighted by Gasteiger charge is -2.21. The summed E-state index contributed by atoms with van der Waals surface area (Å²) < 4.78 is 0. The molecule has 1 aromatic heterocycles. The lowest BCUT2D eigenvalue weighted by atomic mass is 10.1. The van der Waals surface area contributed by atoms with Gasteiger partial charge in [0.05, 0.1) is 0 Å². The minimum Gasteiger partial charge on any atom is -0.355 e. The maximum absolute atomic E-state index is 6.22. The number of nitrogens with zero attached hydrogens (tertiary/aromatic N) is 2. The van der Waals surface area contributed by atoms with Crippen molar-refractivity contribution in [1.82, 2.24) is 10.3 Å². The molecule has 0 atom stereocenters. The summed E-state index contributed by atoms with van der Waals surface area (Å²) >= 11 is 6.22. The van der Waals surface area contributed by atoms with Crippen LogP contribution in [0.2, 0.25) is 5.02 Å². The van der Waals surface area contributed by atoms with Crippen molar-refractivity contribution >= 4 is 17.4 Å². The van der Waals surface area contributed by atoms with E-state index in [1.807, 2.05) is 37.5 Å². The van der Waals surface area contributed by atoms with Crippen LogP contribution in [0.3, 0.4) is 0 Å². The third-order valence-electron chi connectivity index (χ3n) is 3.41. The first-order chi connectivity index (χ1) is 10.1. The van der Waals surface area contributed by atoms with E-state index in [1.165, 1.54) is 11.1 Å². The Hall–Kier alpha value is -1.58. The minimum atomic E-state index is 0.750. The van der Waals surface area contributed by atoms with Gasteiger partial charge in [-0.1, -0.05) is 36.7 Å². The highest BCUT2D eigenvalue weighted by Crippen LogP contribution is 2.22. The molecule has 0 saturated carbocycles. The largest absolute Gasteiger partial charge is 0.355 e. The van der Waals surface area contributed by atoms with Gasteiger partial charge in [0.25, 0.3) is 0 Å². The molecular weight excluding hydrogens is 282 g/mol. The van der Waals surface area contributed by atoms with E-state index in [0.717, 1.165) is 36.0 Å². The van der Waals surface area contributed by atoms with E-state index in [0.29, 0.717) is 0 Å². The fourth-order valence-corrected chi connectivity index (χ4v) is 2.54. The number of aryl methyl sites for hydroxylation is 1. The van der Waals surface area contributed by atoms with Crippen LogP contribution >= 0.6 is 11.6 Å². The van der Waals surface area contributed by atoms with Gasteiger partial charge in [0.1, 0.15) is 5.82 Å². The lowest BCUT2D eigenvalue weighted by Crippen LogP contribution is -2.19. The molecule has 2 aromatic rings. The first kappa shape index (κ1) is 15.8. The van der Waals surface area contributed by atoms with E-state index < -0.39 is 0 Å². The van der Waals surface area contributed by atoms with Crippen LogP contribution in [0.25, 0.3) is 0 Å². The molecule has 0 aliphatic heterocycles. The molecule has 0 spiro atoms. The second kappa shape index (κ2) is 7.43. The van der Waals surface area contributed by atoms with Crippen LogP contribution in [0, 0.1) is 6.92 Å². The van der Waals surface area contributed by atoms with Crippen molar-refractivity contribution in [2.24, 2.45) is 0 Å². The van der Waals surface area contributed by atoms with Crippen LogP contribution in [0.4, 0.5) is 5.82 Å². The second-order valence-corrected chi connectivity index (χ2v) is 5.62. The Bertz CT molecular complexity index is 598. The lowest BCUT2D eigenvalue weighted by molar-refractivity contribution is 0.723. The van der Waals surface area contributed by atoms with Crippen LogP contribution < -0.4 is 10.2 Å². The van der Waals surface area contributed by atoms with Crippen LogP contribution in [0.15, 0.2) is 36.5 Å². The molecule has 0 radical (unpaired) electrons. The van der Waals surface area contributed by atoms with Crippen molar-refractivity contribution in [3.8, 4) is 0 Å². The molecule has 0 aliphatic carbocycles. The van der Waals surface area contributed by atoms with E-state index in [-0.39, 0.29) is 0 Å². The van der Waals surface area contributed by atoms with Crippen molar-refractivity contribution < 1.29 is 0 Å². The number of hydrogen-bond acceptors (Lipinski definition) is 3. The Kier molecular flexibility index (Phi) is 5.59. The Morgan fingerprint density at radius 1 is 1.29 bits per heavy atom. The normalized spacial score (nSPS) is 10.7. The first-order valence-corrected chi connectivity index (χ1v) is 7.60. The predicted octanol–water partition coefficient (Wildman–Crippen LogP) is 3.79. The third kappa shape index (κ3) is 4.19. The van der Waals surface area contributed by atoms with Gasteiger partial charge in [0.15, 0.2) is 0 Å². The maximum atomic E-state index is 6.22. The quantitative estimate of drug-likeness (QED) is 0.880. The topological polar surface area (TPSA) is 28.2 Å². The molecule has 0 aliphatic rings. The highest BCUT2D eigenvalue weighted by Gasteiger charge is 2.09. The van der Waals surface area contributed by atoms with Crippen molar-refractivity contribution in [2.45, 2.75) is 26.9 Å². The molecular formula is C17H22ClN3. The predicted molar refractivity (Wildman–Crippen MR) is 89.9 cm³/mol. The SMILES string of the molecule is CCNCc1cnc(N(C)Cc2ccccc2Cl)c(C)c1. The van der Waals surface area contributed by atoms with Gasteiger partial charge in [-0.25, -0.2) is 4.98 Å². The van der Waals surface area contributed by atoms with Gasteiger partial charge >= 0.3 is 0 Å². The molecule has 0 fully saturated rings. The number of benzene rings is 1. The van der Waals surface area contributed by atoms with E-state index in [4.69, 9.17) is 11.6 Å². The molecule has 4 heteroatoms. The second-order valence-electron chi connectivity index (χ2n) is 5.21. The molecule has 0 bridgehead atoms. The molecule has 21 heavy (non-hydrogen) atoms. The molecule has 112 valence electrons. The Morgan fingerprint density at radius 2 is 2.05 bits per heavy atom. The summed E-state index contributed by atoms with van der Waals surface area (Å²) in [5.41, 5.74) is 3.50. The number of aromatic nitrogens is 1. The van der Waals surface area contributed by atoms with Crippen LogP contribution in [-0.2, 0) is 13.1 Å². The zero-order valence-electron chi connectivity index (χ0n) is 12.9. The molecule has 0 amide bonds. The van der Waals surface area contributed by atoms with Gasteiger partial charge in [0.2, 0.25) is 0 Å². The fourth-order valence-electron chi connectivity index (χ4n) is 2.35. The zero-order valence-corrected chi connectivity index (χ0v) is 13.6. The smallest absolute Gasteiger partial charge is 0.131 e.